The van der Waals surface area contributed by atoms with Crippen LogP contribution < -0.4 is 4.90 Å². The van der Waals surface area contributed by atoms with Crippen molar-refractivity contribution in [3.8, 4) is 11.3 Å². The van der Waals surface area contributed by atoms with Crippen LogP contribution in [0.25, 0.3) is 11.3 Å². The molecule has 1 aromatic heterocycles. The summed E-state index contributed by atoms with van der Waals surface area (Å²) >= 11 is 0. The molecule has 2 aliphatic heterocycles. The Kier molecular flexibility index (Phi) is 7.93. The first-order valence-electron chi connectivity index (χ1n) is 13.1. The van der Waals surface area contributed by atoms with Crippen LogP contribution in [-0.4, -0.2) is 83.8 Å². The van der Waals surface area contributed by atoms with Crippen molar-refractivity contribution in [3.63, 3.8) is 0 Å². The van der Waals surface area contributed by atoms with Gasteiger partial charge >= 0.3 is 0 Å². The van der Waals surface area contributed by atoms with E-state index in [1.54, 1.807) is 4.90 Å². The van der Waals surface area contributed by atoms with Crippen molar-refractivity contribution < 1.29 is 18.7 Å². The molecule has 2 fully saturated rings. The first-order chi connectivity index (χ1) is 18.5. The van der Waals surface area contributed by atoms with E-state index in [2.05, 4.69) is 27.2 Å². The van der Waals surface area contributed by atoms with Crippen molar-refractivity contribution in [3.05, 3.63) is 77.6 Å². The standard InChI is InChI=1S/C29H32FN5O3/c1-21-4-6-22(7-5-21)26-12-13-27(32-31-26)33-14-16-34(17-15-33)28(36)20-35(19-25-3-2-18-38-25)29(37)23-8-10-24(30)11-9-23/h4-13,25H,2-3,14-20H2,1H3. The smallest absolute Gasteiger partial charge is 0.254 e. The Hall–Kier alpha value is -3.85. The number of ether oxygens (including phenoxy) is 1. The van der Waals surface area contributed by atoms with Gasteiger partial charge in [-0.05, 0) is 56.2 Å². The molecule has 0 aliphatic carbocycles. The van der Waals surface area contributed by atoms with Crippen molar-refractivity contribution in [1.82, 2.24) is 20.0 Å². The van der Waals surface area contributed by atoms with Crippen molar-refractivity contribution in [2.24, 2.45) is 0 Å². The number of nitrogens with zero attached hydrogens (tertiary/aromatic N) is 5. The summed E-state index contributed by atoms with van der Waals surface area (Å²) in [6.45, 7) is 5.31. The van der Waals surface area contributed by atoms with Gasteiger partial charge in [0.05, 0.1) is 11.8 Å². The quantitative estimate of drug-likeness (QED) is 0.477. The molecule has 0 spiro atoms. The molecule has 198 valence electrons. The molecule has 2 aliphatic rings. The normalized spacial score (nSPS) is 17.5. The van der Waals surface area contributed by atoms with Crippen LogP contribution in [0.3, 0.4) is 0 Å². The van der Waals surface area contributed by atoms with E-state index in [1.807, 2.05) is 31.2 Å². The topological polar surface area (TPSA) is 78.9 Å². The van der Waals surface area contributed by atoms with E-state index in [1.165, 1.54) is 34.7 Å². The number of benzene rings is 2. The van der Waals surface area contributed by atoms with Gasteiger partial charge in [-0.2, -0.15) is 0 Å². The Morgan fingerprint density at radius 1 is 0.974 bits per heavy atom. The van der Waals surface area contributed by atoms with E-state index in [0.29, 0.717) is 44.9 Å². The largest absolute Gasteiger partial charge is 0.376 e. The zero-order valence-corrected chi connectivity index (χ0v) is 21.6. The average Bonchev–Trinajstić information content (AvgIpc) is 3.47. The third-order valence-electron chi connectivity index (χ3n) is 7.11. The van der Waals surface area contributed by atoms with Gasteiger partial charge < -0.3 is 19.4 Å². The van der Waals surface area contributed by atoms with Crippen LogP contribution in [0, 0.1) is 12.7 Å². The van der Waals surface area contributed by atoms with Gasteiger partial charge in [0.25, 0.3) is 5.91 Å². The van der Waals surface area contributed by atoms with Crippen molar-refractivity contribution in [2.45, 2.75) is 25.9 Å². The number of hydrogen-bond acceptors (Lipinski definition) is 6. The average molecular weight is 518 g/mol. The Bertz CT molecular complexity index is 1240. The van der Waals surface area contributed by atoms with Gasteiger partial charge in [0.2, 0.25) is 5.91 Å². The van der Waals surface area contributed by atoms with E-state index in [0.717, 1.165) is 29.9 Å². The summed E-state index contributed by atoms with van der Waals surface area (Å²) in [5, 5.41) is 8.82. The molecular formula is C29H32FN5O3. The molecule has 1 unspecified atom stereocenters. The lowest BCUT2D eigenvalue weighted by Crippen LogP contribution is -2.52. The number of amides is 2. The molecule has 3 aromatic rings. The molecule has 38 heavy (non-hydrogen) atoms. The Labute approximate surface area is 222 Å². The van der Waals surface area contributed by atoms with Gasteiger partial charge in [0, 0.05) is 50.5 Å². The third kappa shape index (κ3) is 6.16. The highest BCUT2D eigenvalue weighted by molar-refractivity contribution is 5.96. The molecule has 2 amide bonds. The zero-order chi connectivity index (χ0) is 26.5. The lowest BCUT2D eigenvalue weighted by molar-refractivity contribution is -0.132. The second kappa shape index (κ2) is 11.7. The van der Waals surface area contributed by atoms with E-state index >= 15 is 0 Å². The number of rotatable bonds is 7. The molecule has 2 saturated heterocycles. The molecule has 8 nitrogen and oxygen atoms in total. The minimum absolute atomic E-state index is 0.0406. The summed E-state index contributed by atoms with van der Waals surface area (Å²) < 4.78 is 19.1. The van der Waals surface area contributed by atoms with Crippen molar-refractivity contribution in [2.75, 3.05) is 50.8 Å². The van der Waals surface area contributed by atoms with Gasteiger partial charge in [-0.25, -0.2) is 4.39 Å². The third-order valence-corrected chi connectivity index (χ3v) is 7.11. The van der Waals surface area contributed by atoms with Crippen LogP contribution in [0.5, 0.6) is 0 Å². The summed E-state index contributed by atoms with van der Waals surface area (Å²) in [7, 11) is 0. The highest BCUT2D eigenvalue weighted by Crippen LogP contribution is 2.20. The monoisotopic (exact) mass is 517 g/mol. The fraction of sp³-hybridized carbons (Fsp3) is 0.379. The van der Waals surface area contributed by atoms with Gasteiger partial charge in [-0.3, -0.25) is 9.59 Å². The fourth-order valence-corrected chi connectivity index (χ4v) is 4.85. The van der Waals surface area contributed by atoms with Crippen molar-refractivity contribution >= 4 is 17.6 Å². The lowest BCUT2D eigenvalue weighted by Gasteiger charge is -2.36. The number of anilines is 1. The lowest BCUT2D eigenvalue weighted by atomic mass is 10.1. The molecule has 5 rings (SSSR count). The molecule has 0 bridgehead atoms. The first kappa shape index (κ1) is 25.8. The van der Waals surface area contributed by atoms with E-state index in [4.69, 9.17) is 4.74 Å². The summed E-state index contributed by atoms with van der Waals surface area (Å²) in [4.78, 5) is 31.9. The van der Waals surface area contributed by atoms with Crippen LogP contribution in [0.2, 0.25) is 0 Å². The Balaban J connectivity index is 1.19. The minimum atomic E-state index is -0.407. The summed E-state index contributed by atoms with van der Waals surface area (Å²) in [5.41, 5.74) is 3.39. The maximum atomic E-state index is 13.4. The zero-order valence-electron chi connectivity index (χ0n) is 21.6. The second-order valence-corrected chi connectivity index (χ2v) is 9.84. The van der Waals surface area contributed by atoms with Crippen LogP contribution in [-0.2, 0) is 9.53 Å². The Morgan fingerprint density at radius 2 is 1.71 bits per heavy atom. The first-order valence-corrected chi connectivity index (χ1v) is 13.1. The predicted molar refractivity (Wildman–Crippen MR) is 142 cm³/mol. The highest BCUT2D eigenvalue weighted by atomic mass is 19.1. The molecule has 3 heterocycles. The molecule has 0 radical (unpaired) electrons. The maximum Gasteiger partial charge on any atom is 0.254 e. The van der Waals surface area contributed by atoms with Gasteiger partial charge in [0.15, 0.2) is 5.82 Å². The Morgan fingerprint density at radius 3 is 2.34 bits per heavy atom. The fourth-order valence-electron chi connectivity index (χ4n) is 4.85. The number of hydrogen-bond donors (Lipinski definition) is 0. The van der Waals surface area contributed by atoms with Gasteiger partial charge in [-0.1, -0.05) is 29.8 Å². The van der Waals surface area contributed by atoms with E-state index in [9.17, 15) is 14.0 Å². The number of carbonyl (C=O) groups excluding carboxylic acids is 2. The summed E-state index contributed by atoms with van der Waals surface area (Å²) in [6, 6.07) is 17.5. The van der Waals surface area contributed by atoms with Crippen LogP contribution in [0.1, 0.15) is 28.8 Å². The SMILES string of the molecule is Cc1ccc(-c2ccc(N3CCN(C(=O)CN(CC4CCCO4)C(=O)c4ccc(F)cc4)CC3)nn2)cc1. The summed E-state index contributed by atoms with van der Waals surface area (Å²) in [5.74, 6) is -0.0366. The van der Waals surface area contributed by atoms with E-state index < -0.39 is 5.82 Å². The number of carbonyl (C=O) groups is 2. The van der Waals surface area contributed by atoms with Crippen LogP contribution in [0.15, 0.2) is 60.7 Å². The number of aromatic nitrogens is 2. The van der Waals surface area contributed by atoms with Crippen LogP contribution in [0.4, 0.5) is 10.2 Å². The molecule has 1 atom stereocenters. The second-order valence-electron chi connectivity index (χ2n) is 9.84. The van der Waals surface area contributed by atoms with E-state index in [-0.39, 0.29) is 24.5 Å². The molecule has 2 aromatic carbocycles. The van der Waals surface area contributed by atoms with Crippen molar-refractivity contribution in [1.29, 1.82) is 0 Å². The number of halogens is 1. The van der Waals surface area contributed by atoms with Gasteiger partial charge in [-0.15, -0.1) is 10.2 Å². The highest BCUT2D eigenvalue weighted by Gasteiger charge is 2.28. The number of piperazine rings is 1. The molecule has 0 N–H and O–H groups in total. The molecule has 0 saturated carbocycles. The minimum Gasteiger partial charge on any atom is -0.376 e. The van der Waals surface area contributed by atoms with Gasteiger partial charge in [0.1, 0.15) is 12.4 Å². The number of aryl methyl sites for hydroxylation is 1. The van der Waals surface area contributed by atoms with Crippen LogP contribution >= 0.6 is 0 Å². The predicted octanol–water partition coefficient (Wildman–Crippen LogP) is 3.56. The summed E-state index contributed by atoms with van der Waals surface area (Å²) in [6.07, 6.45) is 1.70. The molecule has 9 heteroatoms. The maximum absolute atomic E-state index is 13.4. The molecular weight excluding hydrogens is 485 g/mol.